The molecule has 0 amide bonds. The lowest BCUT2D eigenvalue weighted by atomic mass is 10.1. The zero-order chi connectivity index (χ0) is 13.5. The average Bonchev–Trinajstić information content (AvgIpc) is 2.37. The summed E-state index contributed by atoms with van der Waals surface area (Å²) >= 11 is 3.46. The summed E-state index contributed by atoms with van der Waals surface area (Å²) in [6.07, 6.45) is 3.87. The van der Waals surface area contributed by atoms with Crippen LogP contribution < -0.4 is 10.5 Å². The molecule has 102 valence electrons. The van der Waals surface area contributed by atoms with Crippen molar-refractivity contribution < 1.29 is 0 Å². The van der Waals surface area contributed by atoms with E-state index in [0.717, 1.165) is 30.4 Å². The minimum atomic E-state index is -0.0187. The smallest absolute Gasteiger partial charge is 0.268 e. The average molecular weight is 316 g/mol. The van der Waals surface area contributed by atoms with Crippen LogP contribution in [0.4, 0.5) is 5.69 Å². The van der Waals surface area contributed by atoms with Crippen molar-refractivity contribution in [3.8, 4) is 0 Å². The zero-order valence-corrected chi connectivity index (χ0v) is 13.0. The van der Waals surface area contributed by atoms with Crippen molar-refractivity contribution in [1.29, 1.82) is 0 Å². The van der Waals surface area contributed by atoms with Crippen molar-refractivity contribution in [2.75, 3.05) is 23.8 Å². The van der Waals surface area contributed by atoms with Crippen molar-refractivity contribution in [3.05, 3.63) is 22.6 Å². The van der Waals surface area contributed by atoms with Crippen LogP contribution in [0.1, 0.15) is 26.7 Å². The van der Waals surface area contributed by atoms with E-state index < -0.39 is 0 Å². The van der Waals surface area contributed by atoms with Gasteiger partial charge in [-0.15, -0.1) is 0 Å². The maximum absolute atomic E-state index is 12.0. The largest absolute Gasteiger partial charge is 0.373 e. The Kier molecular flexibility index (Phi) is 6.39. The highest BCUT2D eigenvalue weighted by Crippen LogP contribution is 2.10. The second-order valence-electron chi connectivity index (χ2n) is 4.58. The first-order chi connectivity index (χ1) is 8.62. The monoisotopic (exact) mass is 315 g/mol. The van der Waals surface area contributed by atoms with Gasteiger partial charge in [-0.2, -0.15) is 5.10 Å². The van der Waals surface area contributed by atoms with Crippen LogP contribution in [0.15, 0.2) is 17.1 Å². The van der Waals surface area contributed by atoms with E-state index in [4.69, 9.17) is 0 Å². The Balaban J connectivity index is 2.82. The van der Waals surface area contributed by atoms with Gasteiger partial charge in [0.05, 0.1) is 11.9 Å². The predicted molar refractivity (Wildman–Crippen MR) is 79.6 cm³/mol. The molecule has 5 heteroatoms. The van der Waals surface area contributed by atoms with E-state index in [0.29, 0.717) is 12.5 Å². The van der Waals surface area contributed by atoms with Crippen LogP contribution in [0.3, 0.4) is 0 Å². The van der Waals surface area contributed by atoms with E-state index in [1.165, 1.54) is 0 Å². The van der Waals surface area contributed by atoms with Gasteiger partial charge >= 0.3 is 0 Å². The van der Waals surface area contributed by atoms with Crippen molar-refractivity contribution in [1.82, 2.24) is 9.78 Å². The number of aromatic nitrogens is 2. The Bertz CT molecular complexity index is 415. The molecule has 0 aliphatic rings. The fourth-order valence-electron chi connectivity index (χ4n) is 1.77. The summed E-state index contributed by atoms with van der Waals surface area (Å²) in [5.74, 6) is 0.453. The van der Waals surface area contributed by atoms with Gasteiger partial charge in [-0.3, -0.25) is 4.79 Å². The third kappa shape index (κ3) is 4.12. The number of alkyl halides is 1. The van der Waals surface area contributed by atoms with E-state index in [2.05, 4.69) is 39.8 Å². The first-order valence-corrected chi connectivity index (χ1v) is 7.58. The third-order valence-electron chi connectivity index (χ3n) is 3.08. The Hall–Kier alpha value is -0.840. The first-order valence-electron chi connectivity index (χ1n) is 6.46. The topological polar surface area (TPSA) is 38.1 Å². The Morgan fingerprint density at radius 1 is 1.50 bits per heavy atom. The number of hydrogen-bond acceptors (Lipinski definition) is 3. The molecule has 1 rings (SSSR count). The number of halogens is 1. The maximum Gasteiger partial charge on any atom is 0.268 e. The minimum Gasteiger partial charge on any atom is -0.373 e. The molecule has 4 nitrogen and oxygen atoms in total. The molecule has 1 unspecified atom stereocenters. The van der Waals surface area contributed by atoms with Crippen LogP contribution in [-0.4, -0.2) is 28.7 Å². The normalized spacial score (nSPS) is 12.4. The van der Waals surface area contributed by atoms with Crippen LogP contribution in [0, 0.1) is 5.92 Å². The fourth-order valence-corrected chi connectivity index (χ4v) is 2.43. The highest BCUT2D eigenvalue weighted by molar-refractivity contribution is 9.09. The van der Waals surface area contributed by atoms with Gasteiger partial charge in [0.15, 0.2) is 0 Å². The zero-order valence-electron chi connectivity index (χ0n) is 11.4. The van der Waals surface area contributed by atoms with E-state index in [1.54, 1.807) is 16.9 Å². The summed E-state index contributed by atoms with van der Waals surface area (Å²) in [5, 5.41) is 5.16. The Morgan fingerprint density at radius 2 is 2.22 bits per heavy atom. The highest BCUT2D eigenvalue weighted by atomic mass is 79.9. The highest BCUT2D eigenvalue weighted by Gasteiger charge is 2.09. The molecule has 1 aromatic rings. The summed E-state index contributed by atoms with van der Waals surface area (Å²) in [6.45, 7) is 5.86. The SMILES string of the molecule is CCCN(C)c1cnn(CC(CC)CBr)c(=O)c1. The van der Waals surface area contributed by atoms with Crippen molar-refractivity contribution >= 4 is 21.6 Å². The van der Waals surface area contributed by atoms with Gasteiger partial charge in [0.1, 0.15) is 0 Å². The lowest BCUT2D eigenvalue weighted by Crippen LogP contribution is -2.28. The summed E-state index contributed by atoms with van der Waals surface area (Å²) in [5.41, 5.74) is 0.875. The van der Waals surface area contributed by atoms with E-state index in [-0.39, 0.29) is 5.56 Å². The minimum absolute atomic E-state index is 0.0187. The molecule has 1 aromatic heterocycles. The predicted octanol–water partition coefficient (Wildman–Crippen LogP) is 2.51. The lowest BCUT2D eigenvalue weighted by molar-refractivity contribution is 0.432. The summed E-state index contributed by atoms with van der Waals surface area (Å²) < 4.78 is 1.55. The molecule has 1 heterocycles. The van der Waals surface area contributed by atoms with E-state index in [9.17, 15) is 4.79 Å². The van der Waals surface area contributed by atoms with Gasteiger partial charge < -0.3 is 4.90 Å². The molecule has 0 saturated carbocycles. The van der Waals surface area contributed by atoms with E-state index >= 15 is 0 Å². The number of rotatable bonds is 7. The molecule has 0 bridgehead atoms. The molecule has 0 spiro atoms. The summed E-state index contributed by atoms with van der Waals surface area (Å²) in [7, 11) is 1.98. The van der Waals surface area contributed by atoms with Gasteiger partial charge in [-0.1, -0.05) is 36.2 Å². The molecular formula is C13H22BrN3O. The molecule has 0 aromatic carbocycles. The molecule has 0 aliphatic heterocycles. The number of anilines is 1. The lowest BCUT2D eigenvalue weighted by Gasteiger charge is -2.18. The van der Waals surface area contributed by atoms with Crippen LogP contribution in [0.2, 0.25) is 0 Å². The van der Waals surface area contributed by atoms with Crippen molar-refractivity contribution in [2.45, 2.75) is 33.2 Å². The summed E-state index contributed by atoms with van der Waals surface area (Å²) in [6, 6.07) is 1.67. The van der Waals surface area contributed by atoms with Gasteiger partial charge in [-0.05, 0) is 12.3 Å². The van der Waals surface area contributed by atoms with E-state index in [1.807, 2.05) is 7.05 Å². The summed E-state index contributed by atoms with van der Waals surface area (Å²) in [4.78, 5) is 14.0. The second-order valence-corrected chi connectivity index (χ2v) is 5.23. The first kappa shape index (κ1) is 15.2. The molecule has 0 aliphatic carbocycles. The van der Waals surface area contributed by atoms with Gasteiger partial charge in [0.25, 0.3) is 5.56 Å². The maximum atomic E-state index is 12.0. The van der Waals surface area contributed by atoms with Crippen LogP contribution in [0.25, 0.3) is 0 Å². The van der Waals surface area contributed by atoms with Crippen molar-refractivity contribution in [3.63, 3.8) is 0 Å². The van der Waals surface area contributed by atoms with Crippen LogP contribution in [-0.2, 0) is 6.54 Å². The third-order valence-corrected chi connectivity index (χ3v) is 4.00. The van der Waals surface area contributed by atoms with Crippen molar-refractivity contribution in [2.24, 2.45) is 5.92 Å². The van der Waals surface area contributed by atoms with Crippen LogP contribution >= 0.6 is 15.9 Å². The molecule has 18 heavy (non-hydrogen) atoms. The van der Waals surface area contributed by atoms with Crippen LogP contribution in [0.5, 0.6) is 0 Å². The Morgan fingerprint density at radius 3 is 2.72 bits per heavy atom. The number of nitrogens with zero attached hydrogens (tertiary/aromatic N) is 3. The fraction of sp³-hybridized carbons (Fsp3) is 0.692. The Labute approximate surface area is 117 Å². The molecule has 0 radical (unpaired) electrons. The standard InChI is InChI=1S/C13H22BrN3O/c1-4-6-16(3)12-7-13(18)17(15-9-12)10-11(5-2)8-14/h7,9,11H,4-6,8,10H2,1-3H3. The molecule has 0 fully saturated rings. The van der Waals surface area contributed by atoms with Gasteiger partial charge in [0.2, 0.25) is 0 Å². The van der Waals surface area contributed by atoms with Gasteiger partial charge in [0, 0.05) is 31.5 Å². The quantitative estimate of drug-likeness (QED) is 0.726. The molecule has 0 N–H and O–H groups in total. The second kappa shape index (κ2) is 7.56. The van der Waals surface area contributed by atoms with Gasteiger partial charge in [-0.25, -0.2) is 4.68 Å². The molecular weight excluding hydrogens is 294 g/mol. The molecule has 1 atom stereocenters. The molecule has 0 saturated heterocycles. The number of hydrogen-bond donors (Lipinski definition) is 0.